The van der Waals surface area contributed by atoms with E-state index < -0.39 is 23.6 Å². The molecule has 23 heavy (non-hydrogen) atoms. The van der Waals surface area contributed by atoms with Crippen molar-refractivity contribution in [3.05, 3.63) is 29.3 Å². The van der Waals surface area contributed by atoms with Crippen molar-refractivity contribution in [3.63, 3.8) is 0 Å². The van der Waals surface area contributed by atoms with Gasteiger partial charge in [0.25, 0.3) is 0 Å². The van der Waals surface area contributed by atoms with Crippen molar-refractivity contribution >= 4 is 17.5 Å². The number of halogens is 3. The number of hydrogen-bond acceptors (Lipinski definition) is 2. The van der Waals surface area contributed by atoms with Crippen LogP contribution < -0.4 is 5.32 Å². The smallest absolute Gasteiger partial charge is 0.339 e. The van der Waals surface area contributed by atoms with Gasteiger partial charge in [0.2, 0.25) is 11.8 Å². The average Bonchev–Trinajstić information content (AvgIpc) is 3.22. The van der Waals surface area contributed by atoms with E-state index in [1.165, 1.54) is 19.1 Å². The molecule has 3 rings (SSSR count). The number of carbonyl (C=O) groups is 2. The maximum atomic E-state index is 12.9. The van der Waals surface area contributed by atoms with E-state index in [0.717, 1.165) is 18.9 Å². The summed E-state index contributed by atoms with van der Waals surface area (Å²) in [6.07, 6.45) is -2.41. The number of rotatable bonds is 3. The molecule has 0 spiro atoms. The minimum absolute atomic E-state index is 0.0486. The van der Waals surface area contributed by atoms with Crippen molar-refractivity contribution in [2.45, 2.75) is 38.4 Å². The van der Waals surface area contributed by atoms with Gasteiger partial charge in [-0.2, -0.15) is 13.2 Å². The van der Waals surface area contributed by atoms with Crippen LogP contribution in [-0.4, -0.2) is 29.3 Å². The Hall–Kier alpha value is -2.05. The predicted octanol–water partition coefficient (Wildman–Crippen LogP) is 2.96. The van der Waals surface area contributed by atoms with Crippen LogP contribution in [0.1, 0.15) is 30.4 Å². The molecule has 1 aliphatic heterocycles. The third-order valence-corrected chi connectivity index (χ3v) is 4.33. The molecule has 1 saturated carbocycles. The Morgan fingerprint density at radius 2 is 2.00 bits per heavy atom. The van der Waals surface area contributed by atoms with E-state index in [2.05, 4.69) is 5.32 Å². The van der Waals surface area contributed by atoms with Crippen molar-refractivity contribution in [1.29, 1.82) is 0 Å². The Morgan fingerprint density at radius 3 is 2.61 bits per heavy atom. The fraction of sp³-hybridized carbons (Fsp3) is 0.500. The first-order chi connectivity index (χ1) is 10.8. The first kappa shape index (κ1) is 15.8. The lowest BCUT2D eigenvalue weighted by atomic mass is 10.1. The summed E-state index contributed by atoms with van der Waals surface area (Å²) in [6, 6.07) is 3.95. The molecule has 2 fully saturated rings. The second-order valence-electron chi connectivity index (χ2n) is 6.20. The molecule has 1 atom stereocenters. The highest BCUT2D eigenvalue weighted by Gasteiger charge is 2.41. The topological polar surface area (TPSA) is 49.4 Å². The lowest BCUT2D eigenvalue weighted by Crippen LogP contribution is -2.29. The minimum Gasteiger partial charge on any atom is -0.339 e. The summed E-state index contributed by atoms with van der Waals surface area (Å²) < 4.78 is 38.7. The molecule has 0 bridgehead atoms. The van der Waals surface area contributed by atoms with Crippen molar-refractivity contribution in [1.82, 2.24) is 4.90 Å². The van der Waals surface area contributed by atoms with Crippen LogP contribution in [0.3, 0.4) is 0 Å². The lowest BCUT2D eigenvalue weighted by Gasteiger charge is -2.16. The molecular weight excluding hydrogens is 309 g/mol. The van der Waals surface area contributed by atoms with Crippen molar-refractivity contribution in [2.24, 2.45) is 5.92 Å². The van der Waals surface area contributed by atoms with Gasteiger partial charge in [0.15, 0.2) is 0 Å². The molecule has 1 aromatic rings. The van der Waals surface area contributed by atoms with Crippen molar-refractivity contribution < 1.29 is 22.8 Å². The SMILES string of the molecule is Cc1ccc(NC(=O)[C@H]2CC(=O)N(C3CC3)C2)cc1C(F)(F)F. The van der Waals surface area contributed by atoms with Gasteiger partial charge in [-0.15, -0.1) is 0 Å². The second-order valence-corrected chi connectivity index (χ2v) is 6.20. The molecule has 1 N–H and O–H groups in total. The molecule has 2 amide bonds. The molecule has 0 radical (unpaired) electrons. The number of aryl methyl sites for hydroxylation is 1. The summed E-state index contributed by atoms with van der Waals surface area (Å²) in [5, 5.41) is 2.51. The van der Waals surface area contributed by atoms with Crippen LogP contribution in [0.4, 0.5) is 18.9 Å². The molecule has 1 aliphatic carbocycles. The predicted molar refractivity (Wildman–Crippen MR) is 77.7 cm³/mol. The van der Waals surface area contributed by atoms with Crippen LogP contribution in [-0.2, 0) is 15.8 Å². The minimum atomic E-state index is -4.46. The molecular formula is C16H17F3N2O2. The summed E-state index contributed by atoms with van der Waals surface area (Å²) in [5.41, 5.74) is -0.561. The number of anilines is 1. The average molecular weight is 326 g/mol. The van der Waals surface area contributed by atoms with Gasteiger partial charge in [0, 0.05) is 24.7 Å². The fourth-order valence-corrected chi connectivity index (χ4v) is 2.90. The monoisotopic (exact) mass is 326 g/mol. The molecule has 1 aromatic carbocycles. The number of nitrogens with one attached hydrogen (secondary N) is 1. The summed E-state index contributed by atoms with van der Waals surface area (Å²) in [6.45, 7) is 1.73. The third-order valence-electron chi connectivity index (χ3n) is 4.33. The molecule has 124 valence electrons. The highest BCUT2D eigenvalue weighted by atomic mass is 19.4. The maximum Gasteiger partial charge on any atom is 0.416 e. The van der Waals surface area contributed by atoms with Crippen LogP contribution >= 0.6 is 0 Å². The van der Waals surface area contributed by atoms with E-state index in [1.54, 1.807) is 4.90 Å². The van der Waals surface area contributed by atoms with Crippen LogP contribution in [0.2, 0.25) is 0 Å². The number of hydrogen-bond donors (Lipinski definition) is 1. The largest absolute Gasteiger partial charge is 0.416 e. The van der Waals surface area contributed by atoms with Gasteiger partial charge >= 0.3 is 6.18 Å². The van der Waals surface area contributed by atoms with Crippen LogP contribution in [0, 0.1) is 12.8 Å². The number of carbonyl (C=O) groups excluding carboxylic acids is 2. The number of benzene rings is 1. The van der Waals surface area contributed by atoms with Crippen LogP contribution in [0.5, 0.6) is 0 Å². The zero-order valence-corrected chi connectivity index (χ0v) is 12.6. The Bertz CT molecular complexity index is 653. The first-order valence-corrected chi connectivity index (χ1v) is 7.54. The van der Waals surface area contributed by atoms with E-state index in [0.29, 0.717) is 6.54 Å². The van der Waals surface area contributed by atoms with E-state index in [1.807, 2.05) is 0 Å². The molecule has 0 aromatic heterocycles. The number of nitrogens with zero attached hydrogens (tertiary/aromatic N) is 1. The fourth-order valence-electron chi connectivity index (χ4n) is 2.90. The van der Waals surface area contributed by atoms with E-state index in [9.17, 15) is 22.8 Å². The number of amides is 2. The zero-order valence-electron chi connectivity index (χ0n) is 12.6. The summed E-state index contributed by atoms with van der Waals surface area (Å²) in [7, 11) is 0. The highest BCUT2D eigenvalue weighted by molar-refractivity contribution is 5.97. The van der Waals surface area contributed by atoms with Gasteiger partial charge in [-0.1, -0.05) is 6.07 Å². The van der Waals surface area contributed by atoms with E-state index in [-0.39, 0.29) is 29.6 Å². The van der Waals surface area contributed by atoms with Gasteiger partial charge in [-0.25, -0.2) is 0 Å². The first-order valence-electron chi connectivity index (χ1n) is 7.54. The molecule has 0 unspecified atom stereocenters. The Kier molecular flexibility index (Phi) is 3.82. The second kappa shape index (κ2) is 5.54. The van der Waals surface area contributed by atoms with E-state index in [4.69, 9.17) is 0 Å². The molecule has 1 saturated heterocycles. The number of alkyl halides is 3. The van der Waals surface area contributed by atoms with Crippen LogP contribution in [0.25, 0.3) is 0 Å². The van der Waals surface area contributed by atoms with Crippen LogP contribution in [0.15, 0.2) is 18.2 Å². The van der Waals surface area contributed by atoms with E-state index >= 15 is 0 Å². The summed E-state index contributed by atoms with van der Waals surface area (Å²) in [5.74, 6) is -0.954. The van der Waals surface area contributed by atoms with Crippen molar-refractivity contribution in [2.75, 3.05) is 11.9 Å². The maximum absolute atomic E-state index is 12.9. The van der Waals surface area contributed by atoms with Gasteiger partial charge < -0.3 is 10.2 Å². The zero-order chi connectivity index (χ0) is 16.8. The Balaban J connectivity index is 1.70. The van der Waals surface area contributed by atoms with Gasteiger partial charge in [0.1, 0.15) is 0 Å². The van der Waals surface area contributed by atoms with Crippen molar-refractivity contribution in [3.8, 4) is 0 Å². The van der Waals surface area contributed by atoms with Gasteiger partial charge in [0.05, 0.1) is 11.5 Å². The lowest BCUT2D eigenvalue weighted by molar-refractivity contribution is -0.138. The molecule has 4 nitrogen and oxygen atoms in total. The summed E-state index contributed by atoms with van der Waals surface area (Å²) >= 11 is 0. The molecule has 2 aliphatic rings. The van der Waals surface area contributed by atoms with Gasteiger partial charge in [-0.3, -0.25) is 9.59 Å². The number of likely N-dealkylation sites (tertiary alicyclic amines) is 1. The Labute approximate surface area is 131 Å². The quantitative estimate of drug-likeness (QED) is 0.928. The Morgan fingerprint density at radius 1 is 1.30 bits per heavy atom. The highest BCUT2D eigenvalue weighted by Crippen LogP contribution is 2.35. The third kappa shape index (κ3) is 3.33. The summed E-state index contributed by atoms with van der Waals surface area (Å²) in [4.78, 5) is 25.8. The molecule has 7 heteroatoms. The van der Waals surface area contributed by atoms with Gasteiger partial charge in [-0.05, 0) is 37.5 Å². The standard InChI is InChI=1S/C16H17F3N2O2/c1-9-2-3-11(7-13(9)16(17,18)19)20-15(23)10-6-14(22)21(8-10)12-4-5-12/h2-3,7,10,12H,4-6,8H2,1H3,(H,20,23)/t10-/m0/s1. The molecule has 1 heterocycles. The normalized spacial score (nSPS) is 21.7.